The number of hydrogen-bond donors (Lipinski definition) is 1. The number of amides is 2. The molecular weight excluding hydrogens is 344 g/mol. The van der Waals surface area contributed by atoms with Crippen LogP contribution in [0.4, 0.5) is 10.5 Å². The van der Waals surface area contributed by atoms with Gasteiger partial charge in [-0.2, -0.15) is 0 Å². The maximum Gasteiger partial charge on any atom is 0.407 e. The number of benzene rings is 1. The third-order valence-electron chi connectivity index (χ3n) is 6.03. The molecule has 1 aromatic heterocycles. The van der Waals surface area contributed by atoms with Gasteiger partial charge in [0.25, 0.3) is 0 Å². The van der Waals surface area contributed by atoms with Crippen LogP contribution in [0.5, 0.6) is 0 Å². The molecule has 7 heteroatoms. The van der Waals surface area contributed by atoms with Crippen molar-refractivity contribution in [1.29, 1.82) is 0 Å². The van der Waals surface area contributed by atoms with Crippen LogP contribution in [0.15, 0.2) is 30.7 Å². The standard InChI is InChI=1S/C20H26N4O3/c1-6-22(20(26)27)18-9-14(3)24(5,15(4)25)19-8-7-16(10-17(18)19)23-12-21-11-13(23)2/h7-8,10-12,14,18H,6,9H2,1-5H3/p+1/t14-,18+,24?/m0/s1. The zero-order chi connectivity index (χ0) is 19.9. The molecule has 0 bridgehead atoms. The number of nitrogens with zero attached hydrogens (tertiary/aromatic N) is 4. The van der Waals surface area contributed by atoms with Gasteiger partial charge >= 0.3 is 12.0 Å². The van der Waals surface area contributed by atoms with Crippen molar-refractivity contribution in [3.8, 4) is 5.69 Å². The number of quaternary nitrogens is 1. The lowest BCUT2D eigenvalue weighted by molar-refractivity contribution is -0.129. The minimum Gasteiger partial charge on any atom is -0.465 e. The molecule has 27 heavy (non-hydrogen) atoms. The van der Waals surface area contributed by atoms with E-state index in [1.54, 1.807) is 19.4 Å². The quantitative estimate of drug-likeness (QED) is 0.838. The lowest BCUT2D eigenvalue weighted by atomic mass is 9.88. The molecule has 3 rings (SSSR count). The summed E-state index contributed by atoms with van der Waals surface area (Å²) in [5.41, 5.74) is 3.66. The number of carbonyl (C=O) groups excluding carboxylic acids is 1. The Bertz CT molecular complexity index is 891. The van der Waals surface area contributed by atoms with Crippen molar-refractivity contribution in [3.63, 3.8) is 0 Å². The molecule has 1 aromatic carbocycles. The summed E-state index contributed by atoms with van der Waals surface area (Å²) in [4.78, 5) is 30.1. The molecule has 0 saturated carbocycles. The van der Waals surface area contributed by atoms with Gasteiger partial charge in [0.15, 0.2) is 0 Å². The van der Waals surface area contributed by atoms with E-state index in [2.05, 4.69) is 4.98 Å². The van der Waals surface area contributed by atoms with Gasteiger partial charge in [0.05, 0.1) is 32.4 Å². The Balaban J connectivity index is 2.24. The molecule has 0 radical (unpaired) electrons. The average molecular weight is 371 g/mol. The number of aromatic nitrogens is 2. The first-order valence-electron chi connectivity index (χ1n) is 9.22. The summed E-state index contributed by atoms with van der Waals surface area (Å²) in [5.74, 6) is 0.0483. The summed E-state index contributed by atoms with van der Waals surface area (Å²) in [7, 11) is 1.92. The van der Waals surface area contributed by atoms with Gasteiger partial charge in [0, 0.05) is 42.2 Å². The highest BCUT2D eigenvalue weighted by Gasteiger charge is 2.47. The van der Waals surface area contributed by atoms with Crippen molar-refractivity contribution < 1.29 is 14.7 Å². The Morgan fingerprint density at radius 2 is 2.11 bits per heavy atom. The Morgan fingerprint density at radius 3 is 2.63 bits per heavy atom. The summed E-state index contributed by atoms with van der Waals surface area (Å²) in [6, 6.07) is 5.63. The van der Waals surface area contributed by atoms with Gasteiger partial charge in [-0.25, -0.2) is 19.1 Å². The molecule has 0 spiro atoms. The van der Waals surface area contributed by atoms with Crippen molar-refractivity contribution in [3.05, 3.63) is 42.0 Å². The lowest BCUT2D eigenvalue weighted by Crippen LogP contribution is -2.60. The van der Waals surface area contributed by atoms with E-state index in [0.717, 1.165) is 22.6 Å². The molecule has 0 aliphatic carbocycles. The predicted molar refractivity (Wildman–Crippen MR) is 104 cm³/mol. The molecule has 144 valence electrons. The van der Waals surface area contributed by atoms with Gasteiger partial charge in [-0.3, -0.25) is 0 Å². The van der Waals surface area contributed by atoms with E-state index in [0.29, 0.717) is 13.0 Å². The zero-order valence-electron chi connectivity index (χ0n) is 16.5. The second kappa shape index (κ2) is 6.81. The minimum atomic E-state index is -0.941. The molecule has 1 aliphatic rings. The van der Waals surface area contributed by atoms with Gasteiger partial charge in [-0.05, 0) is 32.9 Å². The highest BCUT2D eigenvalue weighted by Crippen LogP contribution is 2.45. The second-order valence-electron chi connectivity index (χ2n) is 7.41. The minimum absolute atomic E-state index is 0.0192. The SMILES string of the molecule is CCN(C(=O)O)[C@@H]1C[C@H](C)[N+](C)(C(C)=O)c2ccc(-n3cncc3C)cc21. The molecule has 7 nitrogen and oxygen atoms in total. The van der Waals surface area contributed by atoms with Gasteiger partial charge in [0.2, 0.25) is 0 Å². The smallest absolute Gasteiger partial charge is 0.407 e. The maximum atomic E-state index is 12.6. The van der Waals surface area contributed by atoms with E-state index in [9.17, 15) is 14.7 Å². The van der Waals surface area contributed by atoms with Crippen molar-refractivity contribution in [2.24, 2.45) is 0 Å². The van der Waals surface area contributed by atoms with Crippen LogP contribution in [0.3, 0.4) is 0 Å². The lowest BCUT2D eigenvalue weighted by Gasteiger charge is -2.45. The molecule has 2 aromatic rings. The molecule has 2 heterocycles. The Kier molecular flexibility index (Phi) is 4.82. The highest BCUT2D eigenvalue weighted by molar-refractivity contribution is 5.88. The third-order valence-corrected chi connectivity index (χ3v) is 6.03. The fraction of sp³-hybridized carbons (Fsp3) is 0.450. The molecule has 1 N–H and O–H groups in total. The monoisotopic (exact) mass is 371 g/mol. The number of imidazole rings is 1. The summed E-state index contributed by atoms with van der Waals surface area (Å²) in [6.07, 6.45) is 3.18. The second-order valence-corrected chi connectivity index (χ2v) is 7.41. The summed E-state index contributed by atoms with van der Waals surface area (Å²) in [5, 5.41) is 9.71. The third kappa shape index (κ3) is 2.92. The molecule has 3 atom stereocenters. The van der Waals surface area contributed by atoms with Crippen LogP contribution >= 0.6 is 0 Å². The molecule has 1 unspecified atom stereocenters. The molecular formula is C20H27N4O3+. The number of aryl methyl sites for hydroxylation is 1. The first-order chi connectivity index (χ1) is 12.7. The van der Waals surface area contributed by atoms with E-state index < -0.39 is 6.09 Å². The number of carboxylic acid groups (broad SMARTS) is 1. The van der Waals surface area contributed by atoms with Gasteiger partial charge in [-0.1, -0.05) is 0 Å². The van der Waals surface area contributed by atoms with Crippen molar-refractivity contribution >= 4 is 17.7 Å². The first kappa shape index (κ1) is 19.1. The van der Waals surface area contributed by atoms with Crippen molar-refractivity contribution in [1.82, 2.24) is 18.9 Å². The number of fused-ring (bicyclic) bond motifs is 1. The summed E-state index contributed by atoms with van der Waals surface area (Å²) >= 11 is 0. The van der Waals surface area contributed by atoms with E-state index in [4.69, 9.17) is 0 Å². The number of carbonyl (C=O) groups is 2. The molecule has 1 aliphatic heterocycles. The van der Waals surface area contributed by atoms with Crippen molar-refractivity contribution in [2.75, 3.05) is 13.6 Å². The summed E-state index contributed by atoms with van der Waals surface area (Å²) in [6.45, 7) is 7.82. The Morgan fingerprint density at radius 1 is 1.41 bits per heavy atom. The number of hydrogen-bond acceptors (Lipinski definition) is 3. The predicted octanol–water partition coefficient (Wildman–Crippen LogP) is 3.50. The summed E-state index contributed by atoms with van der Waals surface area (Å²) < 4.78 is 2.14. The normalized spacial score (nSPS) is 24.3. The largest absolute Gasteiger partial charge is 0.465 e. The van der Waals surface area contributed by atoms with E-state index in [-0.39, 0.29) is 22.5 Å². The van der Waals surface area contributed by atoms with Crippen LogP contribution in [0.2, 0.25) is 0 Å². The van der Waals surface area contributed by atoms with Crippen LogP contribution in [0, 0.1) is 6.92 Å². The van der Waals surface area contributed by atoms with Gasteiger partial charge in [0.1, 0.15) is 5.69 Å². The number of rotatable bonds is 3. The molecule has 2 amide bonds. The van der Waals surface area contributed by atoms with Crippen LogP contribution in [-0.4, -0.2) is 51.2 Å². The topological polar surface area (TPSA) is 75.4 Å². The van der Waals surface area contributed by atoms with Crippen LogP contribution in [0.1, 0.15) is 44.5 Å². The maximum absolute atomic E-state index is 12.6. The fourth-order valence-corrected chi connectivity index (χ4v) is 4.18. The first-order valence-corrected chi connectivity index (χ1v) is 9.22. The van der Waals surface area contributed by atoms with Crippen LogP contribution < -0.4 is 4.48 Å². The Labute approximate surface area is 159 Å². The average Bonchev–Trinajstić information content (AvgIpc) is 3.04. The van der Waals surface area contributed by atoms with E-state index in [1.165, 1.54) is 4.90 Å². The van der Waals surface area contributed by atoms with Gasteiger partial charge in [-0.15, -0.1) is 0 Å². The zero-order valence-corrected chi connectivity index (χ0v) is 16.5. The van der Waals surface area contributed by atoms with E-state index in [1.807, 2.05) is 50.6 Å². The van der Waals surface area contributed by atoms with Crippen LogP contribution in [-0.2, 0) is 4.79 Å². The van der Waals surface area contributed by atoms with Crippen molar-refractivity contribution in [2.45, 2.75) is 46.2 Å². The molecule has 0 saturated heterocycles. The Hall–Kier alpha value is -2.67. The van der Waals surface area contributed by atoms with E-state index >= 15 is 0 Å². The molecule has 0 fully saturated rings. The van der Waals surface area contributed by atoms with Gasteiger partial charge < -0.3 is 14.6 Å². The van der Waals surface area contributed by atoms with Crippen LogP contribution in [0.25, 0.3) is 5.69 Å². The fourth-order valence-electron chi connectivity index (χ4n) is 4.18. The highest BCUT2D eigenvalue weighted by atomic mass is 16.4.